The number of unbranched alkanes of at least 4 members (excludes halogenated alkanes) is 8. The van der Waals surface area contributed by atoms with Gasteiger partial charge in [0.2, 0.25) is 0 Å². The van der Waals surface area contributed by atoms with Crippen LogP contribution >= 0.6 is 45.3 Å². The minimum atomic E-state index is -0.0311. The predicted octanol–water partition coefficient (Wildman–Crippen LogP) is 15.0. The average molecular weight is 837 g/mol. The highest BCUT2D eigenvalue weighted by molar-refractivity contribution is 7.26. The lowest BCUT2D eigenvalue weighted by molar-refractivity contribution is -0.124. The zero-order valence-corrected chi connectivity index (χ0v) is 36.5. The van der Waals surface area contributed by atoms with Crippen LogP contribution in [0.1, 0.15) is 87.8 Å². The van der Waals surface area contributed by atoms with E-state index in [1.54, 1.807) is 34.0 Å². The van der Waals surface area contributed by atoms with E-state index in [1.165, 1.54) is 66.7 Å². The van der Waals surface area contributed by atoms with Crippen molar-refractivity contribution in [3.8, 4) is 31.3 Å². The van der Waals surface area contributed by atoms with E-state index in [0.29, 0.717) is 24.2 Å². The molecule has 0 saturated carbocycles. The molecule has 0 atom stereocenters. The van der Waals surface area contributed by atoms with Gasteiger partial charge in [0.1, 0.15) is 0 Å². The minimum absolute atomic E-state index is 0.0311. The highest BCUT2D eigenvalue weighted by atomic mass is 32.1. The van der Waals surface area contributed by atoms with E-state index in [9.17, 15) is 9.59 Å². The van der Waals surface area contributed by atoms with Crippen molar-refractivity contribution in [2.45, 2.75) is 78.1 Å². The number of rotatable bonds is 17. The molecule has 7 aromatic rings. The fourth-order valence-corrected chi connectivity index (χ4v) is 12.5. The van der Waals surface area contributed by atoms with Crippen molar-refractivity contribution in [3.05, 3.63) is 129 Å². The van der Waals surface area contributed by atoms with Crippen LogP contribution in [0.15, 0.2) is 120 Å². The number of fused-ring (bicyclic) bond motifs is 3. The fourth-order valence-electron chi connectivity index (χ4n) is 8.37. The molecule has 58 heavy (non-hydrogen) atoms. The molecule has 3 aromatic carbocycles. The number of hydrogen-bond acceptors (Lipinski definition) is 6. The third-order valence-electron chi connectivity index (χ3n) is 11.4. The molecule has 6 heterocycles. The molecular formula is C50H48N2O2S4. The van der Waals surface area contributed by atoms with Crippen molar-refractivity contribution < 1.29 is 9.59 Å². The van der Waals surface area contributed by atoms with Crippen molar-refractivity contribution in [1.29, 1.82) is 0 Å². The topological polar surface area (TPSA) is 40.6 Å². The number of carbonyl (C=O) groups is 2. The first-order chi connectivity index (χ1) is 28.5. The Morgan fingerprint density at radius 3 is 1.62 bits per heavy atom. The maximum absolute atomic E-state index is 15.0. The van der Waals surface area contributed by atoms with Crippen LogP contribution in [0.4, 0.5) is 0 Å². The van der Waals surface area contributed by atoms with Crippen LogP contribution in [-0.4, -0.2) is 34.7 Å². The van der Waals surface area contributed by atoms with Crippen LogP contribution in [0.5, 0.6) is 0 Å². The molecule has 0 saturated heterocycles. The van der Waals surface area contributed by atoms with E-state index in [1.807, 2.05) is 27.2 Å². The van der Waals surface area contributed by atoms with E-state index in [2.05, 4.69) is 116 Å². The first-order valence-corrected chi connectivity index (χ1v) is 24.3. The molecular weight excluding hydrogens is 789 g/mol. The summed E-state index contributed by atoms with van der Waals surface area (Å²) >= 11 is 6.98. The van der Waals surface area contributed by atoms with E-state index < -0.39 is 0 Å². The van der Waals surface area contributed by atoms with Gasteiger partial charge in [0.05, 0.1) is 32.3 Å². The summed E-state index contributed by atoms with van der Waals surface area (Å²) in [5.41, 5.74) is 6.29. The summed E-state index contributed by atoms with van der Waals surface area (Å²) in [6.07, 6.45) is 11.0. The Hall–Kier alpha value is -4.60. The van der Waals surface area contributed by atoms with Gasteiger partial charge in [-0.25, -0.2) is 0 Å². The van der Waals surface area contributed by atoms with Crippen molar-refractivity contribution in [3.63, 3.8) is 0 Å². The molecule has 2 aliphatic heterocycles. The molecule has 2 aliphatic rings. The van der Waals surface area contributed by atoms with Crippen LogP contribution in [0.2, 0.25) is 0 Å². The van der Waals surface area contributed by atoms with Gasteiger partial charge in [0.25, 0.3) is 11.8 Å². The molecule has 0 radical (unpaired) electrons. The zero-order valence-electron chi connectivity index (χ0n) is 33.2. The molecule has 8 heteroatoms. The Morgan fingerprint density at radius 2 is 0.983 bits per heavy atom. The number of thiophene rings is 4. The van der Waals surface area contributed by atoms with Gasteiger partial charge in [0.15, 0.2) is 0 Å². The van der Waals surface area contributed by atoms with Gasteiger partial charge in [-0.3, -0.25) is 9.59 Å². The predicted molar refractivity (Wildman–Crippen MR) is 250 cm³/mol. The number of benzene rings is 3. The number of hydrogen-bond donors (Lipinski definition) is 0. The summed E-state index contributed by atoms with van der Waals surface area (Å²) in [6.45, 7) is 5.67. The lowest BCUT2D eigenvalue weighted by Gasteiger charge is -2.24. The van der Waals surface area contributed by atoms with Crippen molar-refractivity contribution in [2.24, 2.45) is 0 Å². The molecule has 2 amide bonds. The van der Waals surface area contributed by atoms with E-state index in [-0.39, 0.29) is 11.8 Å². The van der Waals surface area contributed by atoms with Crippen molar-refractivity contribution in [1.82, 2.24) is 9.80 Å². The van der Waals surface area contributed by atoms with Gasteiger partial charge in [-0.05, 0) is 94.2 Å². The van der Waals surface area contributed by atoms with E-state index in [0.717, 1.165) is 70.1 Å². The minimum Gasteiger partial charge on any atom is -0.306 e. The Bertz CT molecular complexity index is 2610. The molecule has 294 valence electrons. The molecule has 0 fully saturated rings. The van der Waals surface area contributed by atoms with Crippen LogP contribution in [0, 0.1) is 0 Å². The van der Waals surface area contributed by atoms with Crippen molar-refractivity contribution in [2.75, 3.05) is 13.1 Å². The molecule has 0 aliphatic carbocycles. The molecule has 9 rings (SSSR count). The van der Waals surface area contributed by atoms with E-state index >= 15 is 0 Å². The summed E-state index contributed by atoms with van der Waals surface area (Å²) < 4.78 is 2.58. The van der Waals surface area contributed by atoms with Crippen LogP contribution in [0.3, 0.4) is 0 Å². The monoisotopic (exact) mass is 836 g/mol. The largest absolute Gasteiger partial charge is 0.306 e. The molecule has 0 spiro atoms. The first kappa shape index (κ1) is 38.9. The molecule has 4 aromatic heterocycles. The molecule has 0 unspecified atom stereocenters. The number of nitrogens with zero attached hydrogens (tertiary/aromatic N) is 2. The standard InChI is InChI=1S/C50H48N2O2S4/c1-3-5-7-9-14-27-51-47(40-24-22-38(56-40)35-20-18-34(19-21-35)33-16-12-11-13-17-33)45-46(50(51)54)48(52(49(45)53)28-15-10-8-6-4-2)41-25-23-39(57-41)44-32-37-31-42-36(26-29-55-42)30-43(37)58-44/h11-13,16-26,29-32H,3-10,14-15,27-28H2,1-2H3. The van der Waals surface area contributed by atoms with Crippen molar-refractivity contribution >= 4 is 88.7 Å². The first-order valence-electron chi connectivity index (χ1n) is 20.9. The second-order valence-corrected chi connectivity index (χ2v) is 19.6. The third kappa shape index (κ3) is 7.56. The quantitative estimate of drug-likeness (QED) is 0.0858. The summed E-state index contributed by atoms with van der Waals surface area (Å²) in [4.78, 5) is 39.3. The van der Waals surface area contributed by atoms with Crippen LogP contribution < -0.4 is 0 Å². The number of amides is 2. The zero-order chi connectivity index (χ0) is 39.6. The molecule has 4 nitrogen and oxygen atoms in total. The maximum atomic E-state index is 15.0. The smallest absolute Gasteiger partial charge is 0.261 e. The molecule has 0 N–H and O–H groups in total. The molecule has 0 bridgehead atoms. The summed E-state index contributed by atoms with van der Waals surface area (Å²) in [5, 5.41) is 4.70. The Morgan fingerprint density at radius 1 is 0.448 bits per heavy atom. The summed E-state index contributed by atoms with van der Waals surface area (Å²) in [7, 11) is 0. The summed E-state index contributed by atoms with van der Waals surface area (Å²) in [6, 6.07) is 36.9. The summed E-state index contributed by atoms with van der Waals surface area (Å²) in [5.74, 6) is -0.0623. The van der Waals surface area contributed by atoms with Gasteiger partial charge in [-0.15, -0.1) is 45.3 Å². The lowest BCUT2D eigenvalue weighted by Crippen LogP contribution is -2.30. The Balaban J connectivity index is 1.11. The van der Waals surface area contributed by atoms with Gasteiger partial charge >= 0.3 is 0 Å². The SMILES string of the molecule is CCCCCCCN1C(=O)C2=C(c3ccc(-c4cc5cc6sccc6cc5s4)s3)N(CCCCCCC)C(=O)C2=C1c1ccc(-c2ccc(-c3ccccc3)cc2)s1. The number of carbonyl (C=O) groups excluding carboxylic acids is 2. The van der Waals surface area contributed by atoms with Gasteiger partial charge < -0.3 is 9.80 Å². The Kier molecular flexibility index (Phi) is 11.6. The van der Waals surface area contributed by atoms with E-state index in [4.69, 9.17) is 0 Å². The lowest BCUT2D eigenvalue weighted by atomic mass is 10.0. The third-order valence-corrected chi connectivity index (χ3v) is 15.8. The van der Waals surface area contributed by atoms with Gasteiger partial charge in [0, 0.05) is 37.1 Å². The maximum Gasteiger partial charge on any atom is 0.261 e. The highest BCUT2D eigenvalue weighted by Gasteiger charge is 2.49. The highest BCUT2D eigenvalue weighted by Crippen LogP contribution is 2.51. The van der Waals surface area contributed by atoms with Gasteiger partial charge in [-0.2, -0.15) is 0 Å². The van der Waals surface area contributed by atoms with Gasteiger partial charge in [-0.1, -0.05) is 120 Å². The Labute approximate surface area is 357 Å². The van der Waals surface area contributed by atoms with Crippen LogP contribution in [0.25, 0.3) is 62.9 Å². The van der Waals surface area contributed by atoms with Crippen LogP contribution in [-0.2, 0) is 9.59 Å². The second kappa shape index (κ2) is 17.3. The second-order valence-electron chi connectivity index (χ2n) is 15.4. The fraction of sp³-hybridized carbons (Fsp3) is 0.280. The average Bonchev–Trinajstić information content (AvgIpc) is 4.12. The normalized spacial score (nSPS) is 14.4.